The normalized spacial score (nSPS) is 19.7. The maximum absolute atomic E-state index is 12.2. The van der Waals surface area contributed by atoms with Gasteiger partial charge in [0.1, 0.15) is 5.82 Å². The van der Waals surface area contributed by atoms with Gasteiger partial charge in [-0.15, -0.1) is 10.2 Å². The highest BCUT2D eigenvalue weighted by Crippen LogP contribution is 2.40. The average Bonchev–Trinajstić information content (AvgIpc) is 3.18. The van der Waals surface area contributed by atoms with E-state index in [1.54, 1.807) is 12.1 Å². The van der Waals surface area contributed by atoms with Crippen molar-refractivity contribution < 1.29 is 9.53 Å². The lowest BCUT2D eigenvalue weighted by molar-refractivity contribution is -0.113. The van der Waals surface area contributed by atoms with Crippen LogP contribution in [0.4, 0.5) is 5.69 Å². The molecule has 1 aromatic carbocycles. The van der Waals surface area contributed by atoms with E-state index in [-0.39, 0.29) is 17.8 Å². The zero-order valence-corrected chi connectivity index (χ0v) is 15.9. The van der Waals surface area contributed by atoms with Gasteiger partial charge >= 0.3 is 0 Å². The second-order valence-electron chi connectivity index (χ2n) is 6.71. The van der Waals surface area contributed by atoms with Gasteiger partial charge in [-0.25, -0.2) is 0 Å². The van der Waals surface area contributed by atoms with Crippen LogP contribution >= 0.6 is 23.4 Å². The monoisotopic (exact) mass is 392 g/mol. The molecule has 8 heteroatoms. The van der Waals surface area contributed by atoms with E-state index < -0.39 is 0 Å². The smallest absolute Gasteiger partial charge is 0.234 e. The molecule has 1 atom stereocenters. The van der Waals surface area contributed by atoms with Crippen LogP contribution < -0.4 is 5.32 Å². The van der Waals surface area contributed by atoms with Gasteiger partial charge in [-0.05, 0) is 43.9 Å². The van der Waals surface area contributed by atoms with Crippen LogP contribution in [0.5, 0.6) is 0 Å². The quantitative estimate of drug-likeness (QED) is 0.727. The molecule has 1 N–H and O–H groups in total. The van der Waals surface area contributed by atoms with Crippen LogP contribution in [0, 0.1) is 0 Å². The molecular formula is C18H21ClN4O2S. The van der Waals surface area contributed by atoms with Gasteiger partial charge < -0.3 is 14.6 Å². The summed E-state index contributed by atoms with van der Waals surface area (Å²) in [5.74, 6) is 1.74. The molecule has 1 saturated heterocycles. The highest BCUT2D eigenvalue weighted by molar-refractivity contribution is 7.99. The van der Waals surface area contributed by atoms with E-state index in [1.165, 1.54) is 24.6 Å². The molecule has 1 aliphatic carbocycles. The third-order valence-electron chi connectivity index (χ3n) is 4.54. The maximum atomic E-state index is 12.2. The number of thioether (sulfide) groups is 1. The highest BCUT2D eigenvalue weighted by atomic mass is 35.5. The Morgan fingerprint density at radius 2 is 2.23 bits per heavy atom. The zero-order valence-electron chi connectivity index (χ0n) is 14.4. The summed E-state index contributed by atoms with van der Waals surface area (Å²) in [4.78, 5) is 12.2. The third kappa shape index (κ3) is 4.39. The first-order valence-electron chi connectivity index (χ1n) is 8.92. The molecule has 4 rings (SSSR count). The first kappa shape index (κ1) is 17.8. The minimum atomic E-state index is -0.0862. The second kappa shape index (κ2) is 7.98. The Labute approximate surface area is 161 Å². The summed E-state index contributed by atoms with van der Waals surface area (Å²) < 4.78 is 7.93. The number of hydrogen-bond acceptors (Lipinski definition) is 5. The number of aromatic nitrogens is 3. The fourth-order valence-corrected chi connectivity index (χ4v) is 4.05. The van der Waals surface area contributed by atoms with Crippen molar-refractivity contribution in [1.82, 2.24) is 14.8 Å². The molecule has 0 radical (unpaired) electrons. The van der Waals surface area contributed by atoms with Gasteiger partial charge in [0.2, 0.25) is 5.91 Å². The van der Waals surface area contributed by atoms with Gasteiger partial charge in [-0.3, -0.25) is 4.79 Å². The van der Waals surface area contributed by atoms with Crippen molar-refractivity contribution in [3.05, 3.63) is 35.1 Å². The van der Waals surface area contributed by atoms with Gasteiger partial charge in [0, 0.05) is 23.2 Å². The topological polar surface area (TPSA) is 69.0 Å². The van der Waals surface area contributed by atoms with Crippen molar-refractivity contribution in [2.75, 3.05) is 17.7 Å². The van der Waals surface area contributed by atoms with Crippen molar-refractivity contribution in [3.8, 4) is 0 Å². The molecule has 2 aromatic rings. The first-order valence-corrected chi connectivity index (χ1v) is 10.3. The lowest BCUT2D eigenvalue weighted by atomic mass is 10.2. The summed E-state index contributed by atoms with van der Waals surface area (Å²) in [6.07, 6.45) is 4.74. The fourth-order valence-electron chi connectivity index (χ4n) is 3.11. The van der Waals surface area contributed by atoms with Crippen molar-refractivity contribution in [2.24, 2.45) is 0 Å². The number of benzene rings is 1. The molecule has 1 aliphatic heterocycles. The summed E-state index contributed by atoms with van der Waals surface area (Å²) in [6.45, 7) is 1.60. The molecule has 2 heterocycles. The maximum Gasteiger partial charge on any atom is 0.234 e. The summed E-state index contributed by atoms with van der Waals surface area (Å²) in [5, 5.41) is 13.0. The van der Waals surface area contributed by atoms with Crippen LogP contribution in [0.3, 0.4) is 0 Å². The predicted molar refractivity (Wildman–Crippen MR) is 102 cm³/mol. The Bertz CT molecular complexity index is 787. The Morgan fingerprint density at radius 3 is 2.96 bits per heavy atom. The number of halogens is 1. The van der Waals surface area contributed by atoms with Gasteiger partial charge in [0.25, 0.3) is 0 Å². The van der Waals surface area contributed by atoms with Crippen molar-refractivity contribution in [1.29, 1.82) is 0 Å². The standard InChI is InChI=1S/C18H21ClN4O2S/c19-13-3-1-4-14(9-13)20-16(24)11-26-18-22-21-17(12-6-7-12)23(18)10-15-5-2-8-25-15/h1,3-4,9,12,15H,2,5-8,10-11H2,(H,20,24)/t15-/m1/s1. The van der Waals surface area contributed by atoms with Gasteiger partial charge in [0.15, 0.2) is 5.16 Å². The lowest BCUT2D eigenvalue weighted by Gasteiger charge is -2.14. The van der Waals surface area contributed by atoms with Crippen LogP contribution in [0.1, 0.15) is 37.4 Å². The van der Waals surface area contributed by atoms with Gasteiger partial charge in [-0.2, -0.15) is 0 Å². The van der Waals surface area contributed by atoms with E-state index in [2.05, 4.69) is 20.1 Å². The molecule has 1 aromatic heterocycles. The molecule has 1 saturated carbocycles. The lowest BCUT2D eigenvalue weighted by Crippen LogP contribution is -2.19. The summed E-state index contributed by atoms with van der Waals surface area (Å²) in [5.41, 5.74) is 0.697. The van der Waals surface area contributed by atoms with E-state index in [0.717, 1.165) is 37.0 Å². The number of carbonyl (C=O) groups excluding carboxylic acids is 1. The van der Waals surface area contributed by atoms with Crippen molar-refractivity contribution in [3.63, 3.8) is 0 Å². The van der Waals surface area contributed by atoms with Gasteiger partial charge in [-0.1, -0.05) is 29.4 Å². The second-order valence-corrected chi connectivity index (χ2v) is 8.09. The van der Waals surface area contributed by atoms with Crippen LogP contribution in [-0.4, -0.2) is 39.1 Å². The minimum absolute atomic E-state index is 0.0862. The van der Waals surface area contributed by atoms with E-state index in [4.69, 9.17) is 16.3 Å². The number of ether oxygens (including phenoxy) is 1. The molecule has 6 nitrogen and oxygen atoms in total. The van der Waals surface area contributed by atoms with Crippen molar-refractivity contribution >= 4 is 35.0 Å². The highest BCUT2D eigenvalue weighted by Gasteiger charge is 2.31. The molecule has 138 valence electrons. The SMILES string of the molecule is O=C(CSc1nnc(C2CC2)n1C[C@H]1CCCO1)Nc1cccc(Cl)c1. The van der Waals surface area contributed by atoms with E-state index in [1.807, 2.05) is 12.1 Å². The number of nitrogens with zero attached hydrogens (tertiary/aromatic N) is 3. The Balaban J connectivity index is 1.40. The Hall–Kier alpha value is -1.57. The molecular weight excluding hydrogens is 372 g/mol. The van der Waals surface area contributed by atoms with Crippen LogP contribution in [-0.2, 0) is 16.1 Å². The predicted octanol–water partition coefficient (Wildman–Crippen LogP) is 3.72. The Morgan fingerprint density at radius 1 is 1.35 bits per heavy atom. The van der Waals surface area contributed by atoms with Crippen LogP contribution in [0.25, 0.3) is 0 Å². The van der Waals surface area contributed by atoms with Crippen molar-refractivity contribution in [2.45, 2.75) is 49.4 Å². The van der Waals surface area contributed by atoms with E-state index >= 15 is 0 Å². The van der Waals surface area contributed by atoms with E-state index in [9.17, 15) is 4.79 Å². The number of amides is 1. The molecule has 1 amide bonds. The number of hydrogen-bond donors (Lipinski definition) is 1. The Kier molecular flexibility index (Phi) is 5.47. The number of rotatable bonds is 7. The third-order valence-corrected chi connectivity index (χ3v) is 5.74. The molecule has 2 fully saturated rings. The molecule has 2 aliphatic rings. The summed E-state index contributed by atoms with van der Waals surface area (Å²) in [7, 11) is 0. The van der Waals surface area contributed by atoms with Crippen LogP contribution in [0.15, 0.2) is 29.4 Å². The molecule has 0 unspecified atom stereocenters. The number of anilines is 1. The molecule has 26 heavy (non-hydrogen) atoms. The summed E-state index contributed by atoms with van der Waals surface area (Å²) in [6, 6.07) is 7.14. The molecule has 0 spiro atoms. The number of carbonyl (C=O) groups is 1. The summed E-state index contributed by atoms with van der Waals surface area (Å²) >= 11 is 7.37. The number of nitrogens with one attached hydrogen (secondary N) is 1. The van der Waals surface area contributed by atoms with E-state index in [0.29, 0.717) is 16.6 Å². The molecule has 0 bridgehead atoms. The largest absolute Gasteiger partial charge is 0.376 e. The van der Waals surface area contributed by atoms with Gasteiger partial charge in [0.05, 0.1) is 18.4 Å². The minimum Gasteiger partial charge on any atom is -0.376 e. The first-order chi connectivity index (χ1) is 12.7. The zero-order chi connectivity index (χ0) is 17.9. The fraction of sp³-hybridized carbons (Fsp3) is 0.500. The van der Waals surface area contributed by atoms with Crippen LogP contribution in [0.2, 0.25) is 5.02 Å². The average molecular weight is 393 g/mol.